The second kappa shape index (κ2) is 5.09. The Bertz CT molecular complexity index is 301. The van der Waals surface area contributed by atoms with Crippen LogP contribution in [0.15, 0.2) is 52.5 Å². The zero-order valence-corrected chi connectivity index (χ0v) is 7.86. The summed E-state index contributed by atoms with van der Waals surface area (Å²) in [4.78, 5) is 0. The Kier molecular flexibility index (Phi) is 3.70. The highest BCUT2D eigenvalue weighted by Gasteiger charge is 1.89. The van der Waals surface area contributed by atoms with E-state index in [9.17, 15) is 0 Å². The number of nitrogens with zero attached hydrogens (tertiary/aromatic N) is 2. The van der Waals surface area contributed by atoms with Gasteiger partial charge in [-0.2, -0.15) is 10.2 Å². The Hall–Kier alpha value is -1.64. The van der Waals surface area contributed by atoms with Gasteiger partial charge in [-0.3, -0.25) is 0 Å². The van der Waals surface area contributed by atoms with E-state index >= 15 is 0 Å². The molecular weight excluding hydrogens is 162 g/mol. The second-order valence-corrected chi connectivity index (χ2v) is 2.62. The molecule has 0 aliphatic rings. The lowest BCUT2D eigenvalue weighted by molar-refractivity contribution is 1.14. The molecule has 0 spiro atoms. The minimum atomic E-state index is 0.969. The van der Waals surface area contributed by atoms with E-state index < -0.39 is 0 Å². The zero-order chi connectivity index (χ0) is 9.52. The van der Waals surface area contributed by atoms with E-state index in [4.69, 9.17) is 0 Å². The van der Waals surface area contributed by atoms with Gasteiger partial charge < -0.3 is 5.32 Å². The third kappa shape index (κ3) is 3.51. The van der Waals surface area contributed by atoms with Crippen molar-refractivity contribution in [3.63, 3.8) is 0 Å². The van der Waals surface area contributed by atoms with Crippen LogP contribution in [-0.4, -0.2) is 7.05 Å². The smallest absolute Gasteiger partial charge is 0.0681 e. The van der Waals surface area contributed by atoms with Gasteiger partial charge in [-0.15, -0.1) is 0 Å². The maximum absolute atomic E-state index is 3.77. The van der Waals surface area contributed by atoms with Crippen molar-refractivity contribution in [3.05, 3.63) is 42.2 Å². The van der Waals surface area contributed by atoms with Crippen molar-refractivity contribution >= 4 is 5.69 Å². The molecule has 0 aliphatic heterocycles. The fraction of sp³-hybridized carbons (Fsp3) is 0.200. The van der Waals surface area contributed by atoms with E-state index in [2.05, 4.69) is 15.5 Å². The second-order valence-electron chi connectivity index (χ2n) is 2.62. The van der Waals surface area contributed by atoms with Crippen molar-refractivity contribution < 1.29 is 0 Å². The van der Waals surface area contributed by atoms with Crippen LogP contribution in [-0.2, 0) is 0 Å². The number of rotatable bonds is 3. The van der Waals surface area contributed by atoms with Gasteiger partial charge in [0.1, 0.15) is 0 Å². The molecule has 0 heterocycles. The quantitative estimate of drug-likeness (QED) is 0.704. The van der Waals surface area contributed by atoms with Gasteiger partial charge in [-0.25, -0.2) is 0 Å². The molecule has 0 amide bonds. The first-order valence-corrected chi connectivity index (χ1v) is 4.10. The molecule has 0 bridgehead atoms. The van der Waals surface area contributed by atoms with Gasteiger partial charge in [0.05, 0.1) is 6.20 Å². The van der Waals surface area contributed by atoms with Gasteiger partial charge >= 0.3 is 0 Å². The lowest BCUT2D eigenvalue weighted by Gasteiger charge is -2.03. The summed E-state index contributed by atoms with van der Waals surface area (Å²) >= 11 is 0. The largest absolute Gasteiger partial charge is 0.358 e. The van der Waals surface area contributed by atoms with Crippen molar-refractivity contribution in [1.29, 1.82) is 0 Å². The number of para-hydroxylation sites is 1. The molecule has 13 heavy (non-hydrogen) atoms. The molecule has 1 aromatic rings. The van der Waals surface area contributed by atoms with E-state index in [1.807, 2.05) is 37.3 Å². The van der Waals surface area contributed by atoms with Crippen LogP contribution in [0.1, 0.15) is 6.92 Å². The Morgan fingerprint density at radius 1 is 1.31 bits per heavy atom. The normalized spacial score (nSPS) is 12.0. The molecule has 0 aromatic heterocycles. The molecule has 0 radical (unpaired) electrons. The summed E-state index contributed by atoms with van der Waals surface area (Å²) in [6, 6.07) is 9.95. The first-order chi connectivity index (χ1) is 6.33. The van der Waals surface area contributed by atoms with Gasteiger partial charge in [-0.05, 0) is 19.1 Å². The summed E-state index contributed by atoms with van der Waals surface area (Å²) < 4.78 is 0. The minimum Gasteiger partial charge on any atom is -0.358 e. The van der Waals surface area contributed by atoms with Crippen LogP contribution in [0.2, 0.25) is 0 Å². The topological polar surface area (TPSA) is 36.8 Å². The average Bonchev–Trinajstić information content (AvgIpc) is 2.16. The van der Waals surface area contributed by atoms with E-state index in [0.29, 0.717) is 0 Å². The molecule has 1 N–H and O–H groups in total. The van der Waals surface area contributed by atoms with Crippen molar-refractivity contribution in [3.8, 4) is 0 Å². The predicted octanol–water partition coefficient (Wildman–Crippen LogP) is 3.04. The molecule has 3 nitrogen and oxygen atoms in total. The molecule has 0 saturated heterocycles. The van der Waals surface area contributed by atoms with Crippen LogP contribution in [0.5, 0.6) is 0 Å². The maximum atomic E-state index is 3.77. The van der Waals surface area contributed by atoms with Crippen LogP contribution < -0.4 is 5.32 Å². The van der Waals surface area contributed by atoms with Crippen LogP contribution in [0.25, 0.3) is 0 Å². The summed E-state index contributed by atoms with van der Waals surface area (Å²) in [5, 5.41) is 10.6. The number of hydrogen-bond donors (Lipinski definition) is 1. The SMILES string of the molecule is C/N=N\C=C(\C)Nc1ccccc1. The molecule has 0 aliphatic carbocycles. The van der Waals surface area contributed by atoms with Crippen molar-refractivity contribution in [2.75, 3.05) is 12.4 Å². The number of allylic oxidation sites excluding steroid dienone is 1. The molecular formula is C10H13N3. The van der Waals surface area contributed by atoms with Crippen LogP contribution in [0.3, 0.4) is 0 Å². The minimum absolute atomic E-state index is 0.969. The van der Waals surface area contributed by atoms with Gasteiger partial charge in [0.25, 0.3) is 0 Å². The molecule has 0 atom stereocenters. The molecule has 68 valence electrons. The number of anilines is 1. The van der Waals surface area contributed by atoms with Crippen LogP contribution in [0, 0.1) is 0 Å². The van der Waals surface area contributed by atoms with E-state index in [-0.39, 0.29) is 0 Å². The number of hydrogen-bond acceptors (Lipinski definition) is 3. The predicted molar refractivity (Wildman–Crippen MR) is 54.6 cm³/mol. The Balaban J connectivity index is 2.60. The van der Waals surface area contributed by atoms with Crippen molar-refractivity contribution in [2.24, 2.45) is 10.2 Å². The third-order valence-corrected chi connectivity index (χ3v) is 1.48. The van der Waals surface area contributed by atoms with Crippen LogP contribution in [0.4, 0.5) is 5.69 Å². The van der Waals surface area contributed by atoms with E-state index in [1.165, 1.54) is 0 Å². The van der Waals surface area contributed by atoms with Crippen LogP contribution >= 0.6 is 0 Å². The fourth-order valence-corrected chi connectivity index (χ4v) is 0.926. The van der Waals surface area contributed by atoms with E-state index in [0.717, 1.165) is 11.4 Å². The average molecular weight is 175 g/mol. The molecule has 0 unspecified atom stereocenters. The summed E-state index contributed by atoms with van der Waals surface area (Å²) in [6.45, 7) is 1.95. The van der Waals surface area contributed by atoms with E-state index in [1.54, 1.807) is 13.2 Å². The zero-order valence-electron chi connectivity index (χ0n) is 7.86. The monoisotopic (exact) mass is 175 g/mol. The first kappa shape index (κ1) is 9.45. The molecule has 1 rings (SSSR count). The highest BCUT2D eigenvalue weighted by atomic mass is 15.1. The highest BCUT2D eigenvalue weighted by molar-refractivity contribution is 5.47. The Labute approximate surface area is 78.2 Å². The first-order valence-electron chi connectivity index (χ1n) is 4.10. The number of azo groups is 1. The molecule has 0 saturated carbocycles. The Morgan fingerprint density at radius 2 is 2.00 bits per heavy atom. The third-order valence-electron chi connectivity index (χ3n) is 1.48. The van der Waals surface area contributed by atoms with Gasteiger partial charge in [0.2, 0.25) is 0 Å². The highest BCUT2D eigenvalue weighted by Crippen LogP contribution is 2.08. The van der Waals surface area contributed by atoms with Gasteiger partial charge in [-0.1, -0.05) is 18.2 Å². The number of benzene rings is 1. The van der Waals surface area contributed by atoms with Crippen molar-refractivity contribution in [2.45, 2.75) is 6.92 Å². The molecule has 0 fully saturated rings. The summed E-state index contributed by atoms with van der Waals surface area (Å²) in [6.07, 6.45) is 1.69. The lowest BCUT2D eigenvalue weighted by atomic mass is 10.3. The summed E-state index contributed by atoms with van der Waals surface area (Å²) in [5.74, 6) is 0. The van der Waals surface area contributed by atoms with Crippen molar-refractivity contribution in [1.82, 2.24) is 0 Å². The van der Waals surface area contributed by atoms with Gasteiger partial charge in [0.15, 0.2) is 0 Å². The Morgan fingerprint density at radius 3 is 2.62 bits per heavy atom. The molecule has 3 heteroatoms. The fourth-order valence-electron chi connectivity index (χ4n) is 0.926. The lowest BCUT2D eigenvalue weighted by Crippen LogP contribution is -1.93. The van der Waals surface area contributed by atoms with Gasteiger partial charge in [0, 0.05) is 18.4 Å². The maximum Gasteiger partial charge on any atom is 0.0681 e. The molecule has 1 aromatic carbocycles. The summed E-state index contributed by atoms with van der Waals surface area (Å²) in [7, 11) is 1.65. The standard InChI is InChI=1S/C10H13N3/c1-9(8-12-11-2)13-10-6-4-3-5-7-10/h3-8,13H,1-2H3/b9-8-,12-11-. The summed E-state index contributed by atoms with van der Waals surface area (Å²) in [5.41, 5.74) is 2.03. The number of nitrogens with one attached hydrogen (secondary N) is 1.